The van der Waals surface area contributed by atoms with Gasteiger partial charge in [-0.25, -0.2) is 4.68 Å². The van der Waals surface area contributed by atoms with Crippen LogP contribution in [0.2, 0.25) is 0 Å². The Morgan fingerprint density at radius 3 is 1.94 bits per heavy atom. The first-order valence-electron chi connectivity index (χ1n) is 9.38. The topological polar surface area (TPSA) is 106 Å². The van der Waals surface area contributed by atoms with Gasteiger partial charge in [0.1, 0.15) is 12.7 Å². The summed E-state index contributed by atoms with van der Waals surface area (Å²) in [7, 11) is 0. The average molecular weight is 411 g/mol. The number of benzene rings is 3. The summed E-state index contributed by atoms with van der Waals surface area (Å²) >= 11 is 0. The van der Waals surface area contributed by atoms with Crippen molar-refractivity contribution >= 4 is 23.3 Å². The molecule has 0 radical (unpaired) electrons. The van der Waals surface area contributed by atoms with Crippen molar-refractivity contribution in [3.63, 3.8) is 0 Å². The fourth-order valence-electron chi connectivity index (χ4n) is 2.97. The molecule has 0 spiro atoms. The molecular weight excluding hydrogens is 394 g/mol. The maximum absolute atomic E-state index is 12.8. The number of nitrogens with zero attached hydrogens (tertiary/aromatic N) is 3. The Kier molecular flexibility index (Phi) is 5.62. The molecule has 0 unspecified atom stereocenters. The number of aromatic nitrogens is 3. The molecule has 0 aliphatic heterocycles. The summed E-state index contributed by atoms with van der Waals surface area (Å²) in [4.78, 5) is 37.9. The van der Waals surface area contributed by atoms with Gasteiger partial charge in [-0.3, -0.25) is 19.8 Å². The minimum Gasteiger partial charge on any atom is -0.322 e. The second kappa shape index (κ2) is 8.83. The molecule has 0 bridgehead atoms. The number of amides is 2. The molecule has 8 heteroatoms. The van der Waals surface area contributed by atoms with Crippen LogP contribution in [0.25, 0.3) is 0 Å². The van der Waals surface area contributed by atoms with Crippen molar-refractivity contribution in [1.29, 1.82) is 0 Å². The highest BCUT2D eigenvalue weighted by molar-refractivity contribution is 6.17. The molecule has 31 heavy (non-hydrogen) atoms. The number of carbonyl (C=O) groups excluding carboxylic acids is 3. The Morgan fingerprint density at radius 1 is 0.645 bits per heavy atom. The van der Waals surface area contributed by atoms with Gasteiger partial charge in [-0.15, -0.1) is 10.2 Å². The Hall–Kier alpha value is -4.59. The molecule has 0 aliphatic rings. The number of ketones is 1. The zero-order chi connectivity index (χ0) is 21.6. The molecule has 1 heterocycles. The molecule has 4 rings (SSSR count). The second-order valence-electron chi connectivity index (χ2n) is 6.58. The minimum atomic E-state index is -0.415. The Morgan fingerprint density at radius 2 is 1.26 bits per heavy atom. The second-order valence-corrected chi connectivity index (χ2v) is 6.58. The van der Waals surface area contributed by atoms with Gasteiger partial charge >= 0.3 is 0 Å². The third-order valence-corrected chi connectivity index (χ3v) is 4.51. The molecule has 0 atom stereocenters. The summed E-state index contributed by atoms with van der Waals surface area (Å²) in [6.07, 6.45) is 2.72. The van der Waals surface area contributed by atoms with E-state index in [1.807, 2.05) is 6.07 Å². The van der Waals surface area contributed by atoms with Gasteiger partial charge in [-0.2, -0.15) is 0 Å². The minimum absolute atomic E-state index is 0.229. The summed E-state index contributed by atoms with van der Waals surface area (Å²) in [6.45, 7) is 0. The first kappa shape index (κ1) is 19.7. The molecule has 4 aromatic rings. The largest absolute Gasteiger partial charge is 0.322 e. The molecule has 0 saturated carbocycles. The Labute approximate surface area is 177 Å². The molecule has 0 aliphatic carbocycles. The first-order chi connectivity index (χ1) is 15.1. The summed E-state index contributed by atoms with van der Waals surface area (Å²) in [6, 6.07) is 21.8. The van der Waals surface area contributed by atoms with Gasteiger partial charge in [0.15, 0.2) is 5.78 Å². The van der Waals surface area contributed by atoms with Gasteiger partial charge in [0, 0.05) is 22.4 Å². The van der Waals surface area contributed by atoms with Gasteiger partial charge in [-0.1, -0.05) is 48.5 Å². The number of anilines is 1. The molecule has 2 N–H and O–H groups in total. The third kappa shape index (κ3) is 4.54. The summed E-state index contributed by atoms with van der Waals surface area (Å²) < 4.78 is 1.33. The van der Waals surface area contributed by atoms with Crippen LogP contribution < -0.4 is 10.7 Å². The van der Waals surface area contributed by atoms with Crippen LogP contribution in [0, 0.1) is 0 Å². The maximum Gasteiger partial charge on any atom is 0.270 e. The SMILES string of the molecule is O=C(Nn1cnnc1)c1ccc(NC(=O)c2ccccc2C(=O)c2ccccc2)cc1. The van der Waals surface area contributed by atoms with E-state index in [0.717, 1.165) is 0 Å². The zero-order valence-electron chi connectivity index (χ0n) is 16.2. The van der Waals surface area contributed by atoms with Crippen molar-refractivity contribution < 1.29 is 14.4 Å². The van der Waals surface area contributed by atoms with Gasteiger partial charge in [-0.05, 0) is 30.3 Å². The lowest BCUT2D eigenvalue weighted by Gasteiger charge is -2.10. The van der Waals surface area contributed by atoms with E-state index in [2.05, 4.69) is 20.9 Å². The lowest BCUT2D eigenvalue weighted by molar-refractivity contribution is 0.0996. The van der Waals surface area contributed by atoms with E-state index in [-0.39, 0.29) is 17.3 Å². The average Bonchev–Trinajstić information content (AvgIpc) is 3.32. The van der Waals surface area contributed by atoms with Gasteiger partial charge in [0.2, 0.25) is 0 Å². The van der Waals surface area contributed by atoms with Crippen LogP contribution in [0.5, 0.6) is 0 Å². The quantitative estimate of drug-likeness (QED) is 0.474. The lowest BCUT2D eigenvalue weighted by atomic mass is 9.98. The van der Waals surface area contributed by atoms with Crippen LogP contribution in [-0.2, 0) is 0 Å². The number of carbonyl (C=O) groups is 3. The van der Waals surface area contributed by atoms with E-state index in [0.29, 0.717) is 22.4 Å². The van der Waals surface area contributed by atoms with Crippen molar-refractivity contribution in [2.45, 2.75) is 0 Å². The predicted molar refractivity (Wildman–Crippen MR) is 114 cm³/mol. The fourth-order valence-corrected chi connectivity index (χ4v) is 2.97. The summed E-state index contributed by atoms with van der Waals surface area (Å²) in [5.74, 6) is -0.995. The zero-order valence-corrected chi connectivity index (χ0v) is 16.2. The lowest BCUT2D eigenvalue weighted by Crippen LogP contribution is -2.21. The molecule has 152 valence electrons. The van der Waals surface area contributed by atoms with Gasteiger partial charge in [0.05, 0.1) is 5.56 Å². The van der Waals surface area contributed by atoms with Crippen molar-refractivity contribution in [1.82, 2.24) is 14.9 Å². The van der Waals surface area contributed by atoms with Crippen molar-refractivity contribution in [3.8, 4) is 0 Å². The fraction of sp³-hybridized carbons (Fsp3) is 0. The summed E-state index contributed by atoms with van der Waals surface area (Å²) in [5.41, 5.74) is 4.57. The van der Waals surface area contributed by atoms with Crippen molar-refractivity contribution in [2.24, 2.45) is 0 Å². The monoisotopic (exact) mass is 411 g/mol. The number of hydrogen-bond acceptors (Lipinski definition) is 5. The van der Waals surface area contributed by atoms with Crippen LogP contribution in [-0.4, -0.2) is 32.5 Å². The first-order valence-corrected chi connectivity index (χ1v) is 9.38. The summed E-state index contributed by atoms with van der Waals surface area (Å²) in [5, 5.41) is 9.99. The number of hydrogen-bond donors (Lipinski definition) is 2. The molecule has 8 nitrogen and oxygen atoms in total. The smallest absolute Gasteiger partial charge is 0.270 e. The van der Waals surface area contributed by atoms with Crippen LogP contribution in [0.15, 0.2) is 91.5 Å². The maximum atomic E-state index is 12.8. The van der Waals surface area contributed by atoms with Crippen LogP contribution in [0.3, 0.4) is 0 Å². The predicted octanol–water partition coefficient (Wildman–Crippen LogP) is 3.15. The highest BCUT2D eigenvalue weighted by Crippen LogP contribution is 2.17. The van der Waals surface area contributed by atoms with E-state index in [9.17, 15) is 14.4 Å². The van der Waals surface area contributed by atoms with E-state index in [1.165, 1.54) is 17.3 Å². The normalized spacial score (nSPS) is 10.3. The molecular formula is C23H17N5O3. The number of rotatable bonds is 6. The van der Waals surface area contributed by atoms with Crippen molar-refractivity contribution in [2.75, 3.05) is 10.7 Å². The molecule has 1 aromatic heterocycles. The van der Waals surface area contributed by atoms with Crippen LogP contribution >= 0.6 is 0 Å². The Balaban J connectivity index is 1.49. The molecule has 2 amide bonds. The molecule has 0 fully saturated rings. The standard InChI is InChI=1S/C23H17N5O3/c29-21(16-6-2-1-3-7-16)19-8-4-5-9-20(19)23(31)26-18-12-10-17(11-13-18)22(30)27-28-14-24-25-15-28/h1-15H,(H,26,31)(H,27,30). The van der Waals surface area contributed by atoms with Crippen molar-refractivity contribution in [3.05, 3.63) is 114 Å². The highest BCUT2D eigenvalue weighted by atomic mass is 16.2. The van der Waals surface area contributed by atoms with E-state index >= 15 is 0 Å². The van der Waals surface area contributed by atoms with E-state index < -0.39 is 5.91 Å². The van der Waals surface area contributed by atoms with E-state index in [1.54, 1.807) is 72.8 Å². The molecule has 0 saturated heterocycles. The number of nitrogens with one attached hydrogen (secondary N) is 2. The Bertz CT molecular complexity index is 1220. The van der Waals surface area contributed by atoms with E-state index in [4.69, 9.17) is 0 Å². The van der Waals surface area contributed by atoms with Crippen LogP contribution in [0.4, 0.5) is 5.69 Å². The third-order valence-electron chi connectivity index (χ3n) is 4.51. The van der Waals surface area contributed by atoms with Gasteiger partial charge in [0.25, 0.3) is 11.8 Å². The van der Waals surface area contributed by atoms with Gasteiger partial charge < -0.3 is 5.32 Å². The molecule has 3 aromatic carbocycles. The highest BCUT2D eigenvalue weighted by Gasteiger charge is 2.18. The van der Waals surface area contributed by atoms with Crippen LogP contribution in [0.1, 0.15) is 36.6 Å².